The Morgan fingerprint density at radius 2 is 1.75 bits per heavy atom. The summed E-state index contributed by atoms with van der Waals surface area (Å²) in [5, 5.41) is -0.538. The monoisotopic (exact) mass is 260 g/mol. The van der Waals surface area contributed by atoms with Gasteiger partial charge in [0.05, 0.1) is 5.25 Å². The third-order valence-electron chi connectivity index (χ3n) is 2.83. The smallest absolute Gasteiger partial charge is 0.212 e. The molecule has 0 aliphatic carbocycles. The molecule has 0 radical (unpaired) electrons. The minimum absolute atomic E-state index is 0.192. The predicted molar refractivity (Wildman–Crippen MR) is 68.3 cm³/mol. The first-order valence-electron chi connectivity index (χ1n) is 5.22. The van der Waals surface area contributed by atoms with Gasteiger partial charge in [-0.2, -0.15) is 0 Å². The van der Waals surface area contributed by atoms with Crippen molar-refractivity contribution in [3.05, 3.63) is 35.9 Å². The van der Waals surface area contributed by atoms with Gasteiger partial charge in [0.25, 0.3) is 0 Å². The van der Waals surface area contributed by atoms with Crippen molar-refractivity contribution in [3.63, 3.8) is 0 Å². The maximum atomic E-state index is 11.2. The summed E-state index contributed by atoms with van der Waals surface area (Å²) in [6, 6.07) is 9.87. The Labute approximate surface area is 102 Å². The lowest BCUT2D eigenvalue weighted by atomic mass is 9.81. The second-order valence-electron chi connectivity index (χ2n) is 4.74. The van der Waals surface area contributed by atoms with Gasteiger partial charge in [-0.25, -0.2) is 8.42 Å². The lowest BCUT2D eigenvalue weighted by Gasteiger charge is -2.27. The van der Waals surface area contributed by atoms with Crippen molar-refractivity contribution in [3.8, 4) is 0 Å². The zero-order valence-electron chi connectivity index (χ0n) is 9.77. The van der Waals surface area contributed by atoms with Crippen LogP contribution in [0.4, 0.5) is 0 Å². The van der Waals surface area contributed by atoms with Gasteiger partial charge in [0.2, 0.25) is 9.05 Å². The zero-order valence-corrected chi connectivity index (χ0v) is 11.3. The highest BCUT2D eigenvalue weighted by atomic mass is 35.7. The van der Waals surface area contributed by atoms with Crippen LogP contribution in [0.2, 0.25) is 0 Å². The molecule has 4 heteroatoms. The van der Waals surface area contributed by atoms with Gasteiger partial charge in [-0.15, -0.1) is 0 Å². The van der Waals surface area contributed by atoms with Gasteiger partial charge >= 0.3 is 0 Å². The summed E-state index contributed by atoms with van der Waals surface area (Å²) < 4.78 is 22.4. The van der Waals surface area contributed by atoms with E-state index in [0.29, 0.717) is 6.42 Å². The Morgan fingerprint density at radius 1 is 1.25 bits per heavy atom. The van der Waals surface area contributed by atoms with Crippen LogP contribution in [0.15, 0.2) is 30.3 Å². The number of hydrogen-bond donors (Lipinski definition) is 0. The highest BCUT2D eigenvalue weighted by Gasteiger charge is 2.28. The van der Waals surface area contributed by atoms with Crippen molar-refractivity contribution in [2.24, 2.45) is 0 Å². The van der Waals surface area contributed by atoms with E-state index < -0.39 is 14.3 Å². The molecule has 0 bridgehead atoms. The van der Waals surface area contributed by atoms with Gasteiger partial charge < -0.3 is 0 Å². The predicted octanol–water partition coefficient (Wildman–Crippen LogP) is 3.31. The van der Waals surface area contributed by atoms with Crippen LogP contribution in [0.5, 0.6) is 0 Å². The average molecular weight is 261 g/mol. The fraction of sp³-hybridized carbons (Fsp3) is 0.500. The van der Waals surface area contributed by atoms with E-state index in [1.54, 1.807) is 6.92 Å². The van der Waals surface area contributed by atoms with Crippen LogP contribution >= 0.6 is 10.7 Å². The highest BCUT2D eigenvalue weighted by Crippen LogP contribution is 2.30. The first-order valence-corrected chi connectivity index (χ1v) is 7.60. The van der Waals surface area contributed by atoms with E-state index in [1.807, 2.05) is 44.2 Å². The lowest BCUT2D eigenvalue weighted by molar-refractivity contribution is 0.467. The Kier molecular flexibility index (Phi) is 4.02. The van der Waals surface area contributed by atoms with Crippen LogP contribution in [0.25, 0.3) is 0 Å². The molecule has 16 heavy (non-hydrogen) atoms. The molecule has 1 rings (SSSR count). The minimum Gasteiger partial charge on any atom is -0.212 e. The summed E-state index contributed by atoms with van der Waals surface area (Å²) in [4.78, 5) is 0. The van der Waals surface area contributed by atoms with Crippen molar-refractivity contribution in [2.45, 2.75) is 37.9 Å². The minimum atomic E-state index is -3.47. The second-order valence-corrected chi connectivity index (χ2v) is 7.79. The molecule has 0 aliphatic rings. The van der Waals surface area contributed by atoms with Gasteiger partial charge in [0.15, 0.2) is 0 Å². The largest absolute Gasteiger partial charge is 0.235 e. The summed E-state index contributed by atoms with van der Waals surface area (Å²) in [5.41, 5.74) is 0.935. The molecule has 0 aliphatic heterocycles. The Balaban J connectivity index is 2.89. The molecule has 0 N–H and O–H groups in total. The molecule has 0 saturated heterocycles. The van der Waals surface area contributed by atoms with Crippen LogP contribution in [-0.2, 0) is 14.5 Å². The van der Waals surface area contributed by atoms with Gasteiger partial charge in [-0.3, -0.25) is 0 Å². The molecule has 0 aromatic heterocycles. The quantitative estimate of drug-likeness (QED) is 0.779. The average Bonchev–Trinajstić information content (AvgIpc) is 2.17. The maximum absolute atomic E-state index is 11.2. The summed E-state index contributed by atoms with van der Waals surface area (Å²) in [6.45, 7) is 5.70. The van der Waals surface area contributed by atoms with Crippen molar-refractivity contribution < 1.29 is 8.42 Å². The van der Waals surface area contributed by atoms with Crippen molar-refractivity contribution in [1.29, 1.82) is 0 Å². The first-order chi connectivity index (χ1) is 7.23. The molecule has 0 heterocycles. The van der Waals surface area contributed by atoms with Crippen molar-refractivity contribution >= 4 is 19.7 Å². The van der Waals surface area contributed by atoms with Crippen LogP contribution < -0.4 is 0 Å². The first kappa shape index (κ1) is 13.5. The van der Waals surface area contributed by atoms with E-state index >= 15 is 0 Å². The maximum Gasteiger partial charge on any atom is 0.235 e. The molecular weight excluding hydrogens is 244 g/mol. The van der Waals surface area contributed by atoms with Gasteiger partial charge in [-0.1, -0.05) is 44.2 Å². The Bertz CT molecular complexity index is 437. The summed E-state index contributed by atoms with van der Waals surface area (Å²) >= 11 is 0. The number of halogens is 1. The van der Waals surface area contributed by atoms with E-state index in [4.69, 9.17) is 10.7 Å². The molecule has 2 nitrogen and oxygen atoms in total. The van der Waals surface area contributed by atoms with E-state index in [1.165, 1.54) is 0 Å². The third kappa shape index (κ3) is 3.49. The van der Waals surface area contributed by atoms with Crippen LogP contribution in [0.3, 0.4) is 0 Å². The molecule has 0 fully saturated rings. The number of benzene rings is 1. The third-order valence-corrected chi connectivity index (χ3v) is 4.87. The molecule has 1 unspecified atom stereocenters. The van der Waals surface area contributed by atoms with Crippen molar-refractivity contribution in [2.75, 3.05) is 0 Å². The van der Waals surface area contributed by atoms with Crippen LogP contribution in [-0.4, -0.2) is 13.7 Å². The molecule has 1 atom stereocenters. The number of hydrogen-bond acceptors (Lipinski definition) is 2. The van der Waals surface area contributed by atoms with Crippen molar-refractivity contribution in [1.82, 2.24) is 0 Å². The van der Waals surface area contributed by atoms with E-state index in [9.17, 15) is 8.42 Å². The highest BCUT2D eigenvalue weighted by molar-refractivity contribution is 8.14. The molecular formula is C12H17ClO2S. The van der Waals surface area contributed by atoms with Gasteiger partial charge in [0.1, 0.15) is 0 Å². The fourth-order valence-corrected chi connectivity index (χ4v) is 2.63. The molecule has 0 saturated carbocycles. The normalized spacial score (nSPS) is 14.8. The summed E-state index contributed by atoms with van der Waals surface area (Å²) in [7, 11) is 1.88. The Morgan fingerprint density at radius 3 is 2.19 bits per heavy atom. The van der Waals surface area contributed by atoms with E-state index in [2.05, 4.69) is 0 Å². The van der Waals surface area contributed by atoms with Gasteiger partial charge in [0, 0.05) is 10.7 Å². The molecule has 0 spiro atoms. The summed E-state index contributed by atoms with van der Waals surface area (Å²) in [5.74, 6) is 0. The summed E-state index contributed by atoms with van der Waals surface area (Å²) in [6.07, 6.45) is 0.517. The van der Waals surface area contributed by atoms with E-state index in [0.717, 1.165) is 5.56 Å². The molecule has 1 aromatic rings. The zero-order chi connectivity index (χ0) is 12.4. The van der Waals surface area contributed by atoms with Crippen LogP contribution in [0.1, 0.15) is 32.8 Å². The molecule has 0 amide bonds. The molecule has 90 valence electrons. The number of rotatable bonds is 4. The standard InChI is InChI=1S/C12H17ClO2S/c1-10(16(13,14)15)9-12(2,3)11-7-5-4-6-8-11/h4-8,10H,9H2,1-3H3. The van der Waals surface area contributed by atoms with Gasteiger partial charge in [-0.05, 0) is 24.3 Å². The second kappa shape index (κ2) is 4.76. The Hall–Kier alpha value is -0.540. The topological polar surface area (TPSA) is 34.1 Å². The SMILES string of the molecule is CC(CC(C)(C)c1ccccc1)S(=O)(=O)Cl. The molecule has 1 aromatic carbocycles. The fourth-order valence-electron chi connectivity index (χ4n) is 1.83. The van der Waals surface area contributed by atoms with E-state index in [-0.39, 0.29) is 5.41 Å². The lowest BCUT2D eigenvalue weighted by Crippen LogP contribution is -2.26. The van der Waals surface area contributed by atoms with Crippen LogP contribution in [0, 0.1) is 0 Å².